The van der Waals surface area contributed by atoms with Crippen molar-refractivity contribution in [2.45, 2.75) is 13.0 Å². The highest BCUT2D eigenvalue weighted by Crippen LogP contribution is 2.20. The van der Waals surface area contributed by atoms with Gasteiger partial charge in [-0.2, -0.15) is 0 Å². The molecule has 3 aromatic rings. The predicted molar refractivity (Wildman–Crippen MR) is 84.1 cm³/mol. The molecule has 0 fully saturated rings. The highest BCUT2D eigenvalue weighted by molar-refractivity contribution is 6.08. The Balaban J connectivity index is 1.98. The quantitative estimate of drug-likeness (QED) is 0.745. The summed E-state index contributed by atoms with van der Waals surface area (Å²) < 4.78 is 0. The van der Waals surface area contributed by atoms with Crippen molar-refractivity contribution in [1.29, 1.82) is 0 Å². The van der Waals surface area contributed by atoms with Crippen molar-refractivity contribution in [2.24, 2.45) is 5.73 Å². The van der Waals surface area contributed by atoms with Crippen LogP contribution in [0.2, 0.25) is 0 Å². The Morgan fingerprint density at radius 3 is 2.62 bits per heavy atom. The molecule has 0 atom stereocenters. The topological polar surface area (TPSA) is 56.0 Å². The molecule has 0 aliphatic rings. The van der Waals surface area contributed by atoms with E-state index in [2.05, 4.69) is 4.98 Å². The van der Waals surface area contributed by atoms with E-state index < -0.39 is 0 Å². The van der Waals surface area contributed by atoms with Crippen molar-refractivity contribution in [2.75, 3.05) is 0 Å². The van der Waals surface area contributed by atoms with Crippen molar-refractivity contribution in [1.82, 2.24) is 4.98 Å². The normalized spacial score (nSPS) is 10.7. The number of carbonyl (C=O) groups excluding carboxylic acids is 1. The fourth-order valence-electron chi connectivity index (χ4n) is 2.56. The van der Waals surface area contributed by atoms with E-state index in [0.29, 0.717) is 13.0 Å². The number of aromatic nitrogens is 1. The fourth-order valence-corrected chi connectivity index (χ4v) is 2.56. The fraction of sp³-hybridized carbons (Fsp3) is 0.111. The average Bonchev–Trinajstić information content (AvgIpc) is 2.54. The second kappa shape index (κ2) is 5.85. The lowest BCUT2D eigenvalue weighted by molar-refractivity contribution is 0.0994. The maximum Gasteiger partial charge on any atom is 0.167 e. The predicted octanol–water partition coefficient (Wildman–Crippen LogP) is 3.12. The molecule has 3 heteroatoms. The number of hydrogen-bond donors (Lipinski definition) is 1. The van der Waals surface area contributed by atoms with E-state index in [1.165, 1.54) is 0 Å². The number of pyridine rings is 1. The third kappa shape index (κ3) is 2.69. The Labute approximate surface area is 123 Å². The maximum atomic E-state index is 12.6. The summed E-state index contributed by atoms with van der Waals surface area (Å²) >= 11 is 0. The zero-order chi connectivity index (χ0) is 14.7. The van der Waals surface area contributed by atoms with Gasteiger partial charge in [0.05, 0.1) is 0 Å². The van der Waals surface area contributed by atoms with E-state index in [4.69, 9.17) is 5.73 Å². The number of Topliss-reactive ketones (excluding diaryl/α,β-unsaturated/α-hetero) is 1. The van der Waals surface area contributed by atoms with E-state index in [1.54, 1.807) is 12.4 Å². The van der Waals surface area contributed by atoms with Gasteiger partial charge in [-0.3, -0.25) is 9.78 Å². The highest BCUT2D eigenvalue weighted by atomic mass is 16.1. The van der Waals surface area contributed by atoms with E-state index in [0.717, 1.165) is 27.5 Å². The summed E-state index contributed by atoms with van der Waals surface area (Å²) in [7, 11) is 0. The van der Waals surface area contributed by atoms with Crippen LogP contribution < -0.4 is 5.73 Å². The SMILES string of the molecule is NCc1ccccc1CC(=O)c1cccc2cnccc12. The largest absolute Gasteiger partial charge is 0.326 e. The van der Waals surface area contributed by atoms with E-state index >= 15 is 0 Å². The van der Waals surface area contributed by atoms with Gasteiger partial charge in [0.25, 0.3) is 0 Å². The Morgan fingerprint density at radius 2 is 1.81 bits per heavy atom. The molecule has 0 bridgehead atoms. The van der Waals surface area contributed by atoms with Crippen molar-refractivity contribution >= 4 is 16.6 Å². The monoisotopic (exact) mass is 276 g/mol. The lowest BCUT2D eigenvalue weighted by atomic mass is 9.96. The lowest BCUT2D eigenvalue weighted by Gasteiger charge is -2.08. The standard InChI is InChI=1S/C18H16N2O/c19-11-14-5-2-1-4-13(14)10-18(21)17-7-3-6-15-12-20-9-8-16(15)17/h1-9,12H,10-11,19H2. The van der Waals surface area contributed by atoms with Gasteiger partial charge in [0.1, 0.15) is 0 Å². The molecular weight excluding hydrogens is 260 g/mol. The van der Waals surface area contributed by atoms with Gasteiger partial charge in [-0.15, -0.1) is 0 Å². The second-order valence-electron chi connectivity index (χ2n) is 4.98. The molecule has 0 unspecified atom stereocenters. The van der Waals surface area contributed by atoms with Gasteiger partial charge in [-0.1, -0.05) is 42.5 Å². The van der Waals surface area contributed by atoms with Crippen LogP contribution >= 0.6 is 0 Å². The summed E-state index contributed by atoms with van der Waals surface area (Å²) in [5, 5.41) is 1.93. The first kappa shape index (κ1) is 13.5. The molecule has 3 rings (SSSR count). The molecule has 1 aromatic heterocycles. The number of benzene rings is 2. The van der Waals surface area contributed by atoms with Crippen molar-refractivity contribution in [3.05, 3.63) is 77.6 Å². The third-order valence-electron chi connectivity index (χ3n) is 3.67. The van der Waals surface area contributed by atoms with Crippen LogP contribution in [-0.4, -0.2) is 10.8 Å². The Morgan fingerprint density at radius 1 is 1.00 bits per heavy atom. The first-order chi connectivity index (χ1) is 10.3. The lowest BCUT2D eigenvalue weighted by Crippen LogP contribution is -2.08. The second-order valence-corrected chi connectivity index (χ2v) is 4.98. The van der Waals surface area contributed by atoms with Gasteiger partial charge in [0, 0.05) is 36.3 Å². The van der Waals surface area contributed by atoms with Crippen molar-refractivity contribution in [3.8, 4) is 0 Å². The summed E-state index contributed by atoms with van der Waals surface area (Å²) in [5.74, 6) is 0.104. The number of nitrogens with zero attached hydrogens (tertiary/aromatic N) is 1. The maximum absolute atomic E-state index is 12.6. The van der Waals surface area contributed by atoms with Crippen LogP contribution in [0, 0.1) is 0 Å². The smallest absolute Gasteiger partial charge is 0.167 e. The minimum atomic E-state index is 0.104. The van der Waals surface area contributed by atoms with Crippen LogP contribution in [0.15, 0.2) is 60.9 Å². The highest BCUT2D eigenvalue weighted by Gasteiger charge is 2.12. The van der Waals surface area contributed by atoms with Gasteiger partial charge in [0.15, 0.2) is 5.78 Å². The minimum Gasteiger partial charge on any atom is -0.326 e. The van der Waals surface area contributed by atoms with Crippen molar-refractivity contribution in [3.63, 3.8) is 0 Å². The molecule has 0 amide bonds. The molecule has 0 saturated carbocycles. The van der Waals surface area contributed by atoms with Crippen LogP contribution in [0.4, 0.5) is 0 Å². The van der Waals surface area contributed by atoms with Gasteiger partial charge in [0.2, 0.25) is 0 Å². The zero-order valence-corrected chi connectivity index (χ0v) is 11.6. The average molecular weight is 276 g/mol. The summed E-state index contributed by atoms with van der Waals surface area (Å²) in [4.78, 5) is 16.7. The van der Waals surface area contributed by atoms with E-state index in [-0.39, 0.29) is 5.78 Å². The molecule has 1 heterocycles. The molecule has 0 radical (unpaired) electrons. The molecule has 2 N–H and O–H groups in total. The van der Waals surface area contributed by atoms with Crippen molar-refractivity contribution < 1.29 is 4.79 Å². The first-order valence-corrected chi connectivity index (χ1v) is 6.92. The third-order valence-corrected chi connectivity index (χ3v) is 3.67. The Hall–Kier alpha value is -2.52. The molecule has 0 aliphatic heterocycles. The molecule has 2 aromatic carbocycles. The van der Waals surface area contributed by atoms with Gasteiger partial charge >= 0.3 is 0 Å². The minimum absolute atomic E-state index is 0.104. The van der Waals surface area contributed by atoms with Crippen LogP contribution in [-0.2, 0) is 13.0 Å². The Bertz CT molecular complexity index is 791. The molecule has 104 valence electrons. The first-order valence-electron chi connectivity index (χ1n) is 6.92. The number of carbonyl (C=O) groups is 1. The molecular formula is C18H16N2O. The molecule has 0 saturated heterocycles. The van der Waals surface area contributed by atoms with Gasteiger partial charge in [-0.25, -0.2) is 0 Å². The summed E-state index contributed by atoms with van der Waals surface area (Å²) in [5.41, 5.74) is 8.49. The number of fused-ring (bicyclic) bond motifs is 1. The van der Waals surface area contributed by atoms with Gasteiger partial charge < -0.3 is 5.73 Å². The van der Waals surface area contributed by atoms with Crippen LogP contribution in [0.5, 0.6) is 0 Å². The number of hydrogen-bond acceptors (Lipinski definition) is 3. The summed E-state index contributed by atoms with van der Waals surface area (Å²) in [6.45, 7) is 0.447. The molecule has 0 aliphatic carbocycles. The molecule has 21 heavy (non-hydrogen) atoms. The van der Waals surface area contributed by atoms with Crippen LogP contribution in [0.1, 0.15) is 21.5 Å². The number of nitrogens with two attached hydrogens (primary N) is 1. The zero-order valence-electron chi connectivity index (χ0n) is 11.6. The molecule has 3 nitrogen and oxygen atoms in total. The molecule has 0 spiro atoms. The van der Waals surface area contributed by atoms with E-state index in [1.807, 2.05) is 48.5 Å². The van der Waals surface area contributed by atoms with Crippen LogP contribution in [0.3, 0.4) is 0 Å². The number of rotatable bonds is 4. The van der Waals surface area contributed by atoms with Crippen LogP contribution in [0.25, 0.3) is 10.8 Å². The number of ketones is 1. The summed E-state index contributed by atoms with van der Waals surface area (Å²) in [6.07, 6.45) is 3.86. The van der Waals surface area contributed by atoms with E-state index in [9.17, 15) is 4.79 Å². The Kier molecular flexibility index (Phi) is 3.75. The summed E-state index contributed by atoms with van der Waals surface area (Å²) in [6, 6.07) is 15.4. The van der Waals surface area contributed by atoms with Gasteiger partial charge in [-0.05, 0) is 22.6 Å².